The summed E-state index contributed by atoms with van der Waals surface area (Å²) < 4.78 is 22.2. The Balaban J connectivity index is 2.06. The van der Waals surface area contributed by atoms with E-state index >= 15 is 0 Å². The van der Waals surface area contributed by atoms with Gasteiger partial charge in [0.15, 0.2) is 6.10 Å². The summed E-state index contributed by atoms with van der Waals surface area (Å²) in [7, 11) is 1.31. The lowest BCUT2D eigenvalue weighted by Crippen LogP contribution is -2.09. The number of carbonyl (C=O) groups is 1. The molecule has 1 aliphatic heterocycles. The van der Waals surface area contributed by atoms with Crippen LogP contribution < -0.4 is 0 Å². The van der Waals surface area contributed by atoms with Gasteiger partial charge in [-0.3, -0.25) is 0 Å². The van der Waals surface area contributed by atoms with Crippen LogP contribution in [0.3, 0.4) is 0 Å². The van der Waals surface area contributed by atoms with Crippen molar-refractivity contribution in [2.45, 2.75) is 12.2 Å². The van der Waals surface area contributed by atoms with E-state index in [1.54, 1.807) is 12.1 Å². The maximum atomic E-state index is 12.6. The Morgan fingerprint density at radius 3 is 2.64 bits per heavy atom. The summed E-state index contributed by atoms with van der Waals surface area (Å²) >= 11 is 0. The first-order valence-electron chi connectivity index (χ1n) is 4.21. The Morgan fingerprint density at radius 2 is 2.07 bits per heavy atom. The first-order chi connectivity index (χ1) is 6.72. The van der Waals surface area contributed by atoms with Crippen LogP contribution in [0.2, 0.25) is 0 Å². The van der Waals surface area contributed by atoms with E-state index in [-0.39, 0.29) is 17.9 Å². The molecule has 0 unspecified atom stereocenters. The fourth-order valence-corrected chi connectivity index (χ4v) is 1.31. The maximum absolute atomic E-state index is 12.6. The molecule has 0 aliphatic carbocycles. The lowest BCUT2D eigenvalue weighted by molar-refractivity contribution is -0.142. The fraction of sp³-hybridized carbons (Fsp3) is 0.300. The number of epoxide rings is 1. The Bertz CT molecular complexity index is 347. The Kier molecular flexibility index (Phi) is 2.21. The number of benzene rings is 1. The van der Waals surface area contributed by atoms with Crippen LogP contribution in [-0.4, -0.2) is 19.2 Å². The molecule has 1 saturated heterocycles. The Morgan fingerprint density at radius 1 is 1.43 bits per heavy atom. The average Bonchev–Trinajstić information content (AvgIpc) is 2.98. The van der Waals surface area contributed by atoms with Gasteiger partial charge in [0.2, 0.25) is 0 Å². The molecule has 0 N–H and O–H groups in total. The normalized spacial score (nSPS) is 24.4. The van der Waals surface area contributed by atoms with Crippen LogP contribution >= 0.6 is 0 Å². The molecule has 0 radical (unpaired) electrons. The molecule has 1 fully saturated rings. The lowest BCUT2D eigenvalue weighted by atomic mass is 10.1. The lowest BCUT2D eigenvalue weighted by Gasteiger charge is -1.95. The molecule has 0 aromatic heterocycles. The minimum atomic E-state index is -0.523. The van der Waals surface area contributed by atoms with Crippen molar-refractivity contribution in [2.24, 2.45) is 0 Å². The molecule has 1 heterocycles. The number of halogens is 1. The van der Waals surface area contributed by atoms with E-state index in [9.17, 15) is 9.18 Å². The highest BCUT2D eigenvalue weighted by Gasteiger charge is 2.47. The zero-order chi connectivity index (χ0) is 10.1. The highest BCUT2D eigenvalue weighted by atomic mass is 19.1. The third kappa shape index (κ3) is 1.61. The molecule has 1 aliphatic rings. The van der Waals surface area contributed by atoms with Gasteiger partial charge in [0.1, 0.15) is 11.9 Å². The zero-order valence-electron chi connectivity index (χ0n) is 7.57. The first kappa shape index (κ1) is 9.15. The van der Waals surface area contributed by atoms with Crippen molar-refractivity contribution in [3.63, 3.8) is 0 Å². The molecule has 0 saturated carbocycles. The van der Waals surface area contributed by atoms with Crippen LogP contribution in [0.5, 0.6) is 0 Å². The van der Waals surface area contributed by atoms with Gasteiger partial charge in [0.25, 0.3) is 0 Å². The second-order valence-corrected chi connectivity index (χ2v) is 3.05. The van der Waals surface area contributed by atoms with E-state index < -0.39 is 6.10 Å². The average molecular weight is 196 g/mol. The van der Waals surface area contributed by atoms with Gasteiger partial charge in [0.05, 0.1) is 7.11 Å². The van der Waals surface area contributed by atoms with E-state index in [2.05, 4.69) is 4.74 Å². The van der Waals surface area contributed by atoms with Crippen LogP contribution in [0, 0.1) is 5.82 Å². The van der Waals surface area contributed by atoms with Gasteiger partial charge < -0.3 is 9.47 Å². The van der Waals surface area contributed by atoms with Crippen LogP contribution in [0.1, 0.15) is 11.7 Å². The van der Waals surface area contributed by atoms with Crippen molar-refractivity contribution in [3.8, 4) is 0 Å². The van der Waals surface area contributed by atoms with Gasteiger partial charge >= 0.3 is 5.97 Å². The van der Waals surface area contributed by atoms with Gasteiger partial charge in [-0.2, -0.15) is 0 Å². The largest absolute Gasteiger partial charge is 0.467 e. The molecule has 0 spiro atoms. The fourth-order valence-electron chi connectivity index (χ4n) is 1.31. The van der Waals surface area contributed by atoms with Gasteiger partial charge in [-0.05, 0) is 17.7 Å². The number of rotatable bonds is 2. The van der Waals surface area contributed by atoms with E-state index in [1.165, 1.54) is 19.2 Å². The molecule has 4 heteroatoms. The van der Waals surface area contributed by atoms with E-state index in [0.717, 1.165) is 5.56 Å². The number of ether oxygens (including phenoxy) is 2. The van der Waals surface area contributed by atoms with Crippen molar-refractivity contribution in [2.75, 3.05) is 7.11 Å². The molecule has 3 nitrogen and oxygen atoms in total. The molecular weight excluding hydrogens is 187 g/mol. The minimum Gasteiger partial charge on any atom is -0.467 e. The second kappa shape index (κ2) is 3.38. The van der Waals surface area contributed by atoms with Gasteiger partial charge in [-0.25, -0.2) is 9.18 Å². The number of hydrogen-bond donors (Lipinski definition) is 0. The summed E-state index contributed by atoms with van der Waals surface area (Å²) in [6, 6.07) is 5.88. The molecule has 1 aromatic carbocycles. The van der Waals surface area contributed by atoms with Gasteiger partial charge in [-0.15, -0.1) is 0 Å². The third-order valence-corrected chi connectivity index (χ3v) is 2.12. The summed E-state index contributed by atoms with van der Waals surface area (Å²) in [5.41, 5.74) is 0.793. The van der Waals surface area contributed by atoms with E-state index in [4.69, 9.17) is 4.74 Å². The number of esters is 1. The molecule has 0 bridgehead atoms. The van der Waals surface area contributed by atoms with Crippen molar-refractivity contribution in [1.82, 2.24) is 0 Å². The predicted octanol–water partition coefficient (Wildman–Crippen LogP) is 1.44. The zero-order valence-corrected chi connectivity index (χ0v) is 7.57. The molecule has 2 rings (SSSR count). The molecule has 74 valence electrons. The standard InChI is InChI=1S/C10H9FO3/c1-13-10(12)9-8(14-9)6-2-4-7(11)5-3-6/h2-5,8-9H,1H3/t8-,9+/m0/s1. The smallest absolute Gasteiger partial charge is 0.338 e. The monoisotopic (exact) mass is 196 g/mol. The summed E-state index contributed by atoms with van der Waals surface area (Å²) in [4.78, 5) is 11.0. The number of hydrogen-bond acceptors (Lipinski definition) is 3. The van der Waals surface area contributed by atoms with Crippen LogP contribution in [0.15, 0.2) is 24.3 Å². The number of carbonyl (C=O) groups excluding carboxylic acids is 1. The van der Waals surface area contributed by atoms with Crippen LogP contribution in [-0.2, 0) is 14.3 Å². The highest BCUT2D eigenvalue weighted by molar-refractivity contribution is 5.78. The summed E-state index contributed by atoms with van der Waals surface area (Å²) in [5, 5.41) is 0. The van der Waals surface area contributed by atoms with Crippen LogP contribution in [0.25, 0.3) is 0 Å². The summed E-state index contributed by atoms with van der Waals surface area (Å²) in [6.45, 7) is 0. The third-order valence-electron chi connectivity index (χ3n) is 2.12. The molecule has 1 aromatic rings. The molecular formula is C10H9FO3. The Labute approximate surface area is 80.4 Å². The van der Waals surface area contributed by atoms with Gasteiger partial charge in [0, 0.05) is 0 Å². The van der Waals surface area contributed by atoms with Crippen molar-refractivity contribution < 1.29 is 18.7 Å². The highest BCUT2D eigenvalue weighted by Crippen LogP contribution is 2.39. The van der Waals surface area contributed by atoms with Crippen LogP contribution in [0.4, 0.5) is 4.39 Å². The van der Waals surface area contributed by atoms with Gasteiger partial charge in [-0.1, -0.05) is 12.1 Å². The second-order valence-electron chi connectivity index (χ2n) is 3.05. The van der Waals surface area contributed by atoms with E-state index in [0.29, 0.717) is 0 Å². The minimum absolute atomic E-state index is 0.275. The predicted molar refractivity (Wildman–Crippen MR) is 46.0 cm³/mol. The SMILES string of the molecule is COC(=O)[C@@H]1O[C@H]1c1ccc(F)cc1. The maximum Gasteiger partial charge on any atom is 0.338 e. The topological polar surface area (TPSA) is 38.8 Å². The number of methoxy groups -OCH3 is 1. The Hall–Kier alpha value is -1.42. The van der Waals surface area contributed by atoms with Crippen molar-refractivity contribution in [3.05, 3.63) is 35.6 Å². The summed E-state index contributed by atoms with van der Waals surface area (Å²) in [6.07, 6.45) is -0.798. The van der Waals surface area contributed by atoms with E-state index in [1.807, 2.05) is 0 Å². The first-order valence-corrected chi connectivity index (χ1v) is 4.21. The molecule has 14 heavy (non-hydrogen) atoms. The quantitative estimate of drug-likeness (QED) is 0.530. The summed E-state index contributed by atoms with van der Waals surface area (Å²) in [5.74, 6) is -0.691. The molecule has 0 amide bonds. The van der Waals surface area contributed by atoms with Crippen molar-refractivity contribution >= 4 is 5.97 Å². The molecule has 2 atom stereocenters. The van der Waals surface area contributed by atoms with Crippen molar-refractivity contribution in [1.29, 1.82) is 0 Å².